The van der Waals surface area contributed by atoms with Crippen LogP contribution in [0.3, 0.4) is 0 Å². The first-order valence-electron chi connectivity index (χ1n) is 6.27. The summed E-state index contributed by atoms with van der Waals surface area (Å²) >= 11 is 7.54. The van der Waals surface area contributed by atoms with Gasteiger partial charge >= 0.3 is 6.18 Å². The molecule has 22 heavy (non-hydrogen) atoms. The van der Waals surface area contributed by atoms with Gasteiger partial charge in [0, 0.05) is 19.6 Å². The molecule has 0 saturated carbocycles. The van der Waals surface area contributed by atoms with E-state index in [0.29, 0.717) is 4.47 Å². The molecule has 0 nitrogen and oxygen atoms in total. The van der Waals surface area contributed by atoms with Gasteiger partial charge in [0.05, 0.1) is 5.57 Å². The molecule has 2 aromatic carbocycles. The normalized spacial score (nSPS) is 13.0. The number of thioether (sulfide) groups is 1. The highest BCUT2D eigenvalue weighted by Gasteiger charge is 2.37. The van der Waals surface area contributed by atoms with Gasteiger partial charge in [0.15, 0.2) is 0 Å². The molecule has 0 unspecified atom stereocenters. The average molecular weight is 452 g/mol. The second-order valence-corrected chi connectivity index (χ2v) is 7.00. The Morgan fingerprint density at radius 3 is 2.23 bits per heavy atom. The molecular weight excluding hydrogens is 441 g/mol. The molecule has 116 valence electrons. The Morgan fingerprint density at radius 1 is 1.00 bits per heavy atom. The number of hydrogen-bond donors (Lipinski definition) is 0. The van der Waals surface area contributed by atoms with Crippen LogP contribution in [0.15, 0.2) is 68.9 Å². The predicted molar refractivity (Wildman–Crippen MR) is 93.2 cm³/mol. The molecule has 0 amide bonds. The zero-order valence-corrected chi connectivity index (χ0v) is 15.2. The van der Waals surface area contributed by atoms with Gasteiger partial charge in [-0.05, 0) is 29.8 Å². The van der Waals surface area contributed by atoms with E-state index in [4.69, 9.17) is 0 Å². The van der Waals surface area contributed by atoms with Gasteiger partial charge in [0.25, 0.3) is 0 Å². The van der Waals surface area contributed by atoms with E-state index in [1.807, 2.05) is 6.07 Å². The minimum atomic E-state index is -4.42. The summed E-state index contributed by atoms with van der Waals surface area (Å²) in [5.41, 5.74) is -0.459. The van der Waals surface area contributed by atoms with Crippen LogP contribution in [0.4, 0.5) is 13.2 Å². The van der Waals surface area contributed by atoms with Crippen molar-refractivity contribution in [3.05, 3.63) is 69.5 Å². The average Bonchev–Trinajstić information content (AvgIpc) is 2.46. The number of halogens is 5. The van der Waals surface area contributed by atoms with Gasteiger partial charge in [-0.15, -0.1) is 0 Å². The van der Waals surface area contributed by atoms with Gasteiger partial charge < -0.3 is 0 Å². The molecule has 6 heteroatoms. The molecule has 0 aliphatic rings. The summed E-state index contributed by atoms with van der Waals surface area (Å²) in [6.07, 6.45) is -4.42. The predicted octanol–water partition coefficient (Wildman–Crippen LogP) is 6.91. The summed E-state index contributed by atoms with van der Waals surface area (Å²) in [5.74, 6) is 0. The van der Waals surface area contributed by atoms with Gasteiger partial charge in [-0.3, -0.25) is 0 Å². The first-order valence-corrected chi connectivity index (χ1v) is 9.00. The Balaban J connectivity index is 2.53. The van der Waals surface area contributed by atoms with Crippen LogP contribution in [0.2, 0.25) is 0 Å². The largest absolute Gasteiger partial charge is 0.417 e. The zero-order chi connectivity index (χ0) is 16.2. The summed E-state index contributed by atoms with van der Waals surface area (Å²) in [6.45, 7) is 0. The van der Waals surface area contributed by atoms with E-state index in [-0.39, 0.29) is 15.8 Å². The van der Waals surface area contributed by atoms with Crippen molar-refractivity contribution in [1.29, 1.82) is 0 Å². The van der Waals surface area contributed by atoms with Gasteiger partial charge in [0.1, 0.15) is 0 Å². The first-order chi connectivity index (χ1) is 10.4. The molecule has 2 rings (SSSR count). The lowest BCUT2D eigenvalue weighted by Crippen LogP contribution is -2.13. The Morgan fingerprint density at radius 2 is 1.68 bits per heavy atom. The fourth-order valence-corrected chi connectivity index (χ4v) is 3.89. The Bertz CT molecular complexity index is 667. The SMILES string of the molecule is FC(F)(F)/C(=C(\CBr)Sc1ccccc1)c1cccc(Br)c1. The van der Waals surface area contributed by atoms with Crippen LogP contribution in [0.1, 0.15) is 5.56 Å². The van der Waals surface area contributed by atoms with Gasteiger partial charge in [-0.25, -0.2) is 0 Å². The van der Waals surface area contributed by atoms with Gasteiger partial charge in [-0.1, -0.05) is 74.0 Å². The lowest BCUT2D eigenvalue weighted by atomic mass is 10.1. The molecule has 0 saturated heterocycles. The van der Waals surface area contributed by atoms with Crippen molar-refractivity contribution in [1.82, 2.24) is 0 Å². The maximum Gasteiger partial charge on any atom is 0.417 e. The summed E-state index contributed by atoms with van der Waals surface area (Å²) in [6, 6.07) is 15.3. The van der Waals surface area contributed by atoms with E-state index in [1.54, 1.807) is 36.4 Å². The third-order valence-corrected chi connectivity index (χ3v) is 5.31. The highest BCUT2D eigenvalue weighted by atomic mass is 79.9. The molecule has 0 aromatic heterocycles. The zero-order valence-electron chi connectivity index (χ0n) is 11.2. The summed E-state index contributed by atoms with van der Waals surface area (Å²) in [5, 5.41) is 0.133. The fraction of sp³-hybridized carbons (Fsp3) is 0.125. The van der Waals surface area contributed by atoms with Crippen molar-refractivity contribution in [3.63, 3.8) is 0 Å². The van der Waals surface area contributed by atoms with Crippen molar-refractivity contribution < 1.29 is 13.2 Å². The Hall–Kier alpha value is -0.720. The molecule has 0 radical (unpaired) electrons. The quantitative estimate of drug-likeness (QED) is 0.359. The molecule has 0 heterocycles. The van der Waals surface area contributed by atoms with Crippen LogP contribution in [0.5, 0.6) is 0 Å². The fourth-order valence-electron chi connectivity index (χ4n) is 1.90. The van der Waals surface area contributed by atoms with Crippen molar-refractivity contribution in [2.75, 3.05) is 5.33 Å². The minimum Gasteiger partial charge on any atom is -0.166 e. The second kappa shape index (κ2) is 7.70. The number of hydrogen-bond acceptors (Lipinski definition) is 1. The third kappa shape index (κ3) is 4.64. The van der Waals surface area contributed by atoms with E-state index in [1.165, 1.54) is 12.1 Å². The number of allylic oxidation sites excluding steroid dienone is 2. The summed E-state index contributed by atoms with van der Waals surface area (Å²) < 4.78 is 41.3. The van der Waals surface area contributed by atoms with Gasteiger partial charge in [-0.2, -0.15) is 13.2 Å². The second-order valence-electron chi connectivity index (χ2n) is 4.36. The topological polar surface area (TPSA) is 0 Å². The minimum absolute atomic E-state index is 0.133. The van der Waals surface area contributed by atoms with E-state index < -0.39 is 11.7 Å². The molecule has 0 spiro atoms. The van der Waals surface area contributed by atoms with Crippen LogP contribution >= 0.6 is 43.6 Å². The Labute approximate surface area is 148 Å². The molecular formula is C16H11Br2F3S. The molecule has 2 aromatic rings. The number of benzene rings is 2. The molecule has 0 aliphatic heterocycles. The third-order valence-electron chi connectivity index (χ3n) is 2.78. The van der Waals surface area contributed by atoms with Crippen LogP contribution in [-0.2, 0) is 0 Å². The van der Waals surface area contributed by atoms with E-state index in [2.05, 4.69) is 31.9 Å². The highest BCUT2D eigenvalue weighted by Crippen LogP contribution is 2.43. The van der Waals surface area contributed by atoms with E-state index in [0.717, 1.165) is 16.7 Å². The molecule has 0 fully saturated rings. The van der Waals surface area contributed by atoms with Crippen LogP contribution < -0.4 is 0 Å². The number of rotatable bonds is 4. The summed E-state index contributed by atoms with van der Waals surface area (Å²) in [4.78, 5) is 1.01. The standard InChI is InChI=1S/C16H11Br2F3S/c17-10-14(22-13-7-2-1-3-8-13)15(16(19,20)21)11-5-4-6-12(18)9-11/h1-9H,10H2/b15-14+. The smallest absolute Gasteiger partial charge is 0.166 e. The molecule has 0 aliphatic carbocycles. The molecule has 0 bridgehead atoms. The van der Waals surface area contributed by atoms with Crippen LogP contribution in [0, 0.1) is 0 Å². The monoisotopic (exact) mass is 450 g/mol. The van der Waals surface area contributed by atoms with Crippen molar-refractivity contribution in [3.8, 4) is 0 Å². The molecule has 0 atom stereocenters. The van der Waals surface area contributed by atoms with Gasteiger partial charge in [0.2, 0.25) is 0 Å². The summed E-state index contributed by atoms with van der Waals surface area (Å²) in [7, 11) is 0. The van der Waals surface area contributed by atoms with Crippen molar-refractivity contribution in [2.24, 2.45) is 0 Å². The van der Waals surface area contributed by atoms with E-state index in [9.17, 15) is 13.2 Å². The Kier molecular flexibility index (Phi) is 6.17. The number of alkyl halides is 4. The maximum atomic E-state index is 13.6. The lowest BCUT2D eigenvalue weighted by Gasteiger charge is -2.17. The first kappa shape index (κ1) is 17.6. The lowest BCUT2D eigenvalue weighted by molar-refractivity contribution is -0.0691. The van der Waals surface area contributed by atoms with Crippen LogP contribution in [0.25, 0.3) is 5.57 Å². The maximum absolute atomic E-state index is 13.6. The highest BCUT2D eigenvalue weighted by molar-refractivity contribution is 9.10. The van der Waals surface area contributed by atoms with Crippen molar-refractivity contribution >= 4 is 49.2 Å². The molecule has 0 N–H and O–H groups in total. The van der Waals surface area contributed by atoms with Crippen LogP contribution in [-0.4, -0.2) is 11.5 Å². The van der Waals surface area contributed by atoms with E-state index >= 15 is 0 Å². The van der Waals surface area contributed by atoms with Crippen molar-refractivity contribution in [2.45, 2.75) is 11.1 Å².